The van der Waals surface area contributed by atoms with Crippen molar-refractivity contribution in [1.82, 2.24) is 20.0 Å². The summed E-state index contributed by atoms with van der Waals surface area (Å²) in [6.07, 6.45) is 6.59. The van der Waals surface area contributed by atoms with Crippen molar-refractivity contribution in [2.75, 3.05) is 42.5 Å². The normalized spacial score (nSPS) is 20.7. The van der Waals surface area contributed by atoms with Gasteiger partial charge in [0.1, 0.15) is 11.6 Å². The Morgan fingerprint density at radius 1 is 1.00 bits per heavy atom. The lowest BCUT2D eigenvalue weighted by Crippen LogP contribution is -2.51. The number of halogens is 1. The van der Waals surface area contributed by atoms with Crippen LogP contribution in [-0.4, -0.2) is 64.6 Å². The summed E-state index contributed by atoms with van der Waals surface area (Å²) >= 11 is 0. The van der Waals surface area contributed by atoms with Crippen molar-refractivity contribution in [1.29, 1.82) is 0 Å². The maximum atomic E-state index is 13.2. The number of carbonyl (C=O) groups is 2. The molecule has 0 spiro atoms. The Hall–Kier alpha value is -3.82. The van der Waals surface area contributed by atoms with Crippen LogP contribution in [0, 0.1) is 11.7 Å². The Bertz CT molecular complexity index is 1260. The number of piperazine rings is 1. The lowest BCUT2D eigenvalue weighted by Gasteiger charge is -2.36. The van der Waals surface area contributed by atoms with Gasteiger partial charge < -0.3 is 19.2 Å². The van der Waals surface area contributed by atoms with Crippen LogP contribution in [0.3, 0.4) is 0 Å². The zero-order valence-corrected chi connectivity index (χ0v) is 20.6. The van der Waals surface area contributed by atoms with E-state index >= 15 is 0 Å². The third kappa shape index (κ3) is 4.80. The second-order valence-electron chi connectivity index (χ2n) is 10.0. The van der Waals surface area contributed by atoms with E-state index in [1.807, 2.05) is 17.0 Å². The first-order chi connectivity index (χ1) is 18.0. The van der Waals surface area contributed by atoms with Crippen LogP contribution in [0.25, 0.3) is 11.4 Å². The molecule has 2 amide bonds. The number of pyridine rings is 1. The molecule has 0 radical (unpaired) electrons. The predicted molar refractivity (Wildman–Crippen MR) is 134 cm³/mol. The Labute approximate surface area is 214 Å². The molecule has 1 unspecified atom stereocenters. The number of amides is 2. The van der Waals surface area contributed by atoms with Gasteiger partial charge in [0.15, 0.2) is 0 Å². The number of benzene rings is 1. The lowest BCUT2D eigenvalue weighted by atomic mass is 10.1. The minimum Gasteiger partial charge on any atom is -0.353 e. The fourth-order valence-electron chi connectivity index (χ4n) is 5.55. The molecule has 9 nitrogen and oxygen atoms in total. The van der Waals surface area contributed by atoms with E-state index in [-0.39, 0.29) is 30.0 Å². The molecule has 3 aromatic rings. The Kier molecular flexibility index (Phi) is 6.31. The van der Waals surface area contributed by atoms with Crippen molar-refractivity contribution >= 4 is 23.3 Å². The van der Waals surface area contributed by atoms with Gasteiger partial charge in [-0.1, -0.05) is 18.0 Å². The molecule has 0 N–H and O–H groups in total. The number of anilines is 2. The first kappa shape index (κ1) is 23.6. The maximum Gasteiger partial charge on any atom is 0.230 e. The molecule has 10 heteroatoms. The molecule has 2 aromatic heterocycles. The zero-order chi connectivity index (χ0) is 25.4. The Morgan fingerprint density at radius 2 is 1.76 bits per heavy atom. The minimum absolute atomic E-state index is 0.00362. The van der Waals surface area contributed by atoms with Crippen molar-refractivity contribution in [2.24, 2.45) is 5.92 Å². The molecule has 1 aliphatic carbocycles. The van der Waals surface area contributed by atoms with Gasteiger partial charge in [0.2, 0.25) is 23.5 Å². The van der Waals surface area contributed by atoms with Gasteiger partial charge in [-0.15, -0.1) is 0 Å². The van der Waals surface area contributed by atoms with E-state index in [2.05, 4.69) is 20.0 Å². The van der Waals surface area contributed by atoms with Crippen molar-refractivity contribution in [3.63, 3.8) is 0 Å². The highest BCUT2D eigenvalue weighted by Gasteiger charge is 2.38. The van der Waals surface area contributed by atoms with Crippen LogP contribution in [0.1, 0.15) is 43.9 Å². The fourth-order valence-corrected chi connectivity index (χ4v) is 5.55. The molecule has 3 aliphatic rings. The maximum absolute atomic E-state index is 13.2. The average Bonchev–Trinajstić information content (AvgIpc) is 3.70. The fraction of sp³-hybridized carbons (Fsp3) is 0.444. The predicted octanol–water partition coefficient (Wildman–Crippen LogP) is 3.63. The van der Waals surface area contributed by atoms with E-state index in [0.29, 0.717) is 50.2 Å². The molecule has 2 saturated heterocycles. The Morgan fingerprint density at radius 3 is 2.46 bits per heavy atom. The van der Waals surface area contributed by atoms with Crippen molar-refractivity contribution < 1.29 is 18.5 Å². The van der Waals surface area contributed by atoms with Crippen LogP contribution in [-0.2, 0) is 9.59 Å². The third-order valence-corrected chi connectivity index (χ3v) is 7.68. The van der Waals surface area contributed by atoms with Gasteiger partial charge >= 0.3 is 0 Å². The largest absolute Gasteiger partial charge is 0.353 e. The van der Waals surface area contributed by atoms with E-state index in [1.165, 1.54) is 25.0 Å². The number of nitrogens with zero attached hydrogens (tertiary/aromatic N) is 6. The number of carbonyl (C=O) groups excluding carboxylic acids is 2. The monoisotopic (exact) mass is 504 g/mol. The number of aromatic nitrogens is 3. The molecule has 2 aliphatic heterocycles. The SMILES string of the molecule is O=C(C1CC(=O)N(c2ccc(F)cc2)C1)N1CCN(c2ccc(-c3noc(C4CCCC4)n3)cn2)CC1. The number of rotatable bonds is 5. The second-order valence-corrected chi connectivity index (χ2v) is 10.0. The first-order valence-corrected chi connectivity index (χ1v) is 12.9. The van der Waals surface area contributed by atoms with E-state index in [1.54, 1.807) is 23.2 Å². The summed E-state index contributed by atoms with van der Waals surface area (Å²) in [6, 6.07) is 9.71. The molecule has 1 atom stereocenters. The van der Waals surface area contributed by atoms with Crippen LogP contribution in [0.2, 0.25) is 0 Å². The zero-order valence-electron chi connectivity index (χ0n) is 20.6. The van der Waals surface area contributed by atoms with Gasteiger partial charge in [0.05, 0.1) is 5.92 Å². The quantitative estimate of drug-likeness (QED) is 0.524. The standard InChI is InChI=1S/C27H29FN6O3/c28-21-6-8-22(9-7-21)34-17-20(15-24(34)35)27(36)33-13-11-32(12-14-33)23-10-5-19(16-29-23)25-30-26(37-31-25)18-3-1-2-4-18/h5-10,16,18,20H,1-4,11-15,17H2. The highest BCUT2D eigenvalue weighted by Crippen LogP contribution is 2.34. The minimum atomic E-state index is -0.384. The van der Waals surface area contributed by atoms with Gasteiger partial charge in [0.25, 0.3) is 0 Å². The second kappa shape index (κ2) is 9.91. The highest BCUT2D eigenvalue weighted by molar-refractivity contribution is 6.00. The number of hydrogen-bond donors (Lipinski definition) is 0. The van der Waals surface area contributed by atoms with Gasteiger partial charge in [-0.05, 0) is 49.2 Å². The van der Waals surface area contributed by atoms with Gasteiger partial charge in [-0.3, -0.25) is 9.59 Å². The van der Waals surface area contributed by atoms with Crippen molar-refractivity contribution in [2.45, 2.75) is 38.0 Å². The summed E-state index contributed by atoms with van der Waals surface area (Å²) in [4.78, 5) is 40.4. The summed E-state index contributed by atoms with van der Waals surface area (Å²) in [7, 11) is 0. The summed E-state index contributed by atoms with van der Waals surface area (Å²) in [5.41, 5.74) is 1.44. The molecule has 1 aromatic carbocycles. The summed E-state index contributed by atoms with van der Waals surface area (Å²) < 4.78 is 18.7. The topological polar surface area (TPSA) is 95.7 Å². The summed E-state index contributed by atoms with van der Waals surface area (Å²) in [5.74, 6) is 1.66. The van der Waals surface area contributed by atoms with Gasteiger partial charge in [-0.2, -0.15) is 4.98 Å². The van der Waals surface area contributed by atoms with Crippen LogP contribution in [0.4, 0.5) is 15.9 Å². The van der Waals surface area contributed by atoms with Crippen molar-refractivity contribution in [3.05, 3.63) is 54.3 Å². The smallest absolute Gasteiger partial charge is 0.230 e. The van der Waals surface area contributed by atoms with E-state index in [0.717, 1.165) is 30.1 Å². The molecule has 37 heavy (non-hydrogen) atoms. The van der Waals surface area contributed by atoms with Crippen molar-refractivity contribution in [3.8, 4) is 11.4 Å². The third-order valence-electron chi connectivity index (χ3n) is 7.68. The van der Waals surface area contributed by atoms with Gasteiger partial charge in [0, 0.05) is 62.5 Å². The summed E-state index contributed by atoms with van der Waals surface area (Å²) in [5, 5.41) is 4.15. The molecular formula is C27H29FN6O3. The van der Waals surface area contributed by atoms with Crippen LogP contribution in [0.15, 0.2) is 47.1 Å². The van der Waals surface area contributed by atoms with E-state index in [9.17, 15) is 14.0 Å². The van der Waals surface area contributed by atoms with Crippen LogP contribution >= 0.6 is 0 Å². The molecule has 192 valence electrons. The first-order valence-electron chi connectivity index (χ1n) is 12.9. The van der Waals surface area contributed by atoms with E-state index < -0.39 is 0 Å². The van der Waals surface area contributed by atoms with Crippen LogP contribution < -0.4 is 9.80 Å². The molecule has 3 fully saturated rings. The lowest BCUT2D eigenvalue weighted by molar-refractivity contribution is -0.136. The number of hydrogen-bond acceptors (Lipinski definition) is 7. The molecule has 0 bridgehead atoms. The van der Waals surface area contributed by atoms with Gasteiger partial charge in [-0.25, -0.2) is 9.37 Å². The highest BCUT2D eigenvalue weighted by atomic mass is 19.1. The van der Waals surface area contributed by atoms with Crippen LogP contribution in [0.5, 0.6) is 0 Å². The molecular weight excluding hydrogens is 475 g/mol. The summed E-state index contributed by atoms with van der Waals surface area (Å²) in [6.45, 7) is 2.78. The average molecular weight is 505 g/mol. The Balaban J connectivity index is 1.04. The molecule has 1 saturated carbocycles. The molecule has 4 heterocycles. The van der Waals surface area contributed by atoms with E-state index in [4.69, 9.17) is 4.52 Å². The molecule has 6 rings (SSSR count).